The van der Waals surface area contributed by atoms with Crippen molar-refractivity contribution in [1.29, 1.82) is 0 Å². The fraction of sp³-hybridized carbons (Fsp3) is 0.273. The zero-order chi connectivity index (χ0) is 19.0. The van der Waals surface area contributed by atoms with Crippen molar-refractivity contribution in [2.75, 3.05) is 13.1 Å². The molecule has 4 rings (SSSR count). The topological polar surface area (TPSA) is 69.2 Å². The smallest absolute Gasteiger partial charge is 0.257 e. The number of fused-ring (bicyclic) bond motifs is 1. The summed E-state index contributed by atoms with van der Waals surface area (Å²) in [6.07, 6.45) is 6.63. The predicted molar refractivity (Wildman–Crippen MR) is 107 cm³/mol. The first kappa shape index (κ1) is 17.3. The predicted octanol–water partition coefficient (Wildman–Crippen LogP) is 4.32. The van der Waals surface area contributed by atoms with E-state index in [9.17, 15) is 9.90 Å². The molecule has 0 saturated carbocycles. The average molecular weight is 361 g/mol. The second kappa shape index (κ2) is 6.91. The van der Waals surface area contributed by atoms with Crippen LogP contribution in [0.25, 0.3) is 16.6 Å². The molecule has 5 heteroatoms. The summed E-state index contributed by atoms with van der Waals surface area (Å²) >= 11 is 0. The number of rotatable bonds is 3. The molecular formula is C22H23N3O2. The van der Waals surface area contributed by atoms with Crippen LogP contribution < -0.4 is 0 Å². The Labute approximate surface area is 158 Å². The Morgan fingerprint density at radius 3 is 2.85 bits per heavy atom. The molecule has 5 nitrogen and oxygen atoms in total. The van der Waals surface area contributed by atoms with Crippen LogP contribution >= 0.6 is 0 Å². The third-order valence-electron chi connectivity index (χ3n) is 5.21. The Morgan fingerprint density at radius 2 is 2.15 bits per heavy atom. The van der Waals surface area contributed by atoms with Crippen molar-refractivity contribution in [3.8, 4) is 5.75 Å². The molecule has 1 aliphatic heterocycles. The molecule has 1 aromatic carbocycles. The number of hydrogen-bond acceptors (Lipinski definition) is 3. The number of phenols is 1. The van der Waals surface area contributed by atoms with Crippen molar-refractivity contribution in [3.05, 3.63) is 65.5 Å². The number of aromatic hydroxyl groups is 1. The van der Waals surface area contributed by atoms with Crippen LogP contribution in [0.2, 0.25) is 0 Å². The van der Waals surface area contributed by atoms with Gasteiger partial charge in [0.2, 0.25) is 0 Å². The number of amides is 1. The van der Waals surface area contributed by atoms with E-state index in [-0.39, 0.29) is 11.7 Å². The highest BCUT2D eigenvalue weighted by atomic mass is 16.3. The molecule has 27 heavy (non-hydrogen) atoms. The molecule has 0 fully saturated rings. The summed E-state index contributed by atoms with van der Waals surface area (Å²) in [7, 11) is 0. The summed E-state index contributed by atoms with van der Waals surface area (Å²) in [5.41, 5.74) is 4.64. The standard InChI is InChI=1S/C22H23N3O2/c1-14(2)16-5-6-18(20(26)12-16)22(27)25-10-7-15(8-11-25)19-13-24-21-17(19)4-3-9-23-21/h3-7,9,12-14,26H,8,10-11H2,1-2H3,(H,23,24). The van der Waals surface area contributed by atoms with Crippen molar-refractivity contribution in [1.82, 2.24) is 14.9 Å². The van der Waals surface area contributed by atoms with E-state index in [0.717, 1.165) is 28.6 Å². The van der Waals surface area contributed by atoms with E-state index in [4.69, 9.17) is 0 Å². The molecule has 0 unspecified atom stereocenters. The van der Waals surface area contributed by atoms with E-state index in [1.807, 2.05) is 18.3 Å². The number of carbonyl (C=O) groups excluding carboxylic acids is 1. The van der Waals surface area contributed by atoms with Gasteiger partial charge in [-0.3, -0.25) is 4.79 Å². The Morgan fingerprint density at radius 1 is 1.30 bits per heavy atom. The molecule has 0 aliphatic carbocycles. The number of hydrogen-bond donors (Lipinski definition) is 2. The Bertz CT molecular complexity index is 1030. The molecule has 3 heterocycles. The lowest BCUT2D eigenvalue weighted by molar-refractivity contribution is 0.0770. The summed E-state index contributed by atoms with van der Waals surface area (Å²) in [6, 6.07) is 9.34. The maximum Gasteiger partial charge on any atom is 0.257 e. The largest absolute Gasteiger partial charge is 0.507 e. The van der Waals surface area contributed by atoms with Crippen molar-refractivity contribution in [2.45, 2.75) is 26.2 Å². The van der Waals surface area contributed by atoms with Crippen LogP contribution in [0.5, 0.6) is 5.75 Å². The number of pyridine rings is 1. The van der Waals surface area contributed by atoms with E-state index in [2.05, 4.69) is 36.0 Å². The molecule has 2 N–H and O–H groups in total. The van der Waals surface area contributed by atoms with Gasteiger partial charge in [-0.1, -0.05) is 26.0 Å². The highest BCUT2D eigenvalue weighted by molar-refractivity contribution is 5.98. The Balaban J connectivity index is 1.54. The maximum absolute atomic E-state index is 12.8. The van der Waals surface area contributed by atoms with Gasteiger partial charge >= 0.3 is 0 Å². The monoisotopic (exact) mass is 361 g/mol. The summed E-state index contributed by atoms with van der Waals surface area (Å²) in [5, 5.41) is 11.4. The molecular weight excluding hydrogens is 338 g/mol. The highest BCUT2D eigenvalue weighted by Crippen LogP contribution is 2.30. The van der Waals surface area contributed by atoms with E-state index < -0.39 is 0 Å². The van der Waals surface area contributed by atoms with Crippen LogP contribution in [0, 0.1) is 0 Å². The van der Waals surface area contributed by atoms with Gasteiger partial charge in [0, 0.05) is 36.4 Å². The SMILES string of the molecule is CC(C)c1ccc(C(=O)N2CC=C(c3c[nH]c4ncccc34)CC2)c(O)c1. The first-order chi connectivity index (χ1) is 13.0. The molecule has 1 aliphatic rings. The molecule has 3 aromatic rings. The van der Waals surface area contributed by atoms with E-state index >= 15 is 0 Å². The summed E-state index contributed by atoms with van der Waals surface area (Å²) in [4.78, 5) is 22.1. The zero-order valence-electron chi connectivity index (χ0n) is 15.6. The molecule has 138 valence electrons. The van der Waals surface area contributed by atoms with Crippen LogP contribution in [-0.4, -0.2) is 39.0 Å². The van der Waals surface area contributed by atoms with Crippen molar-refractivity contribution < 1.29 is 9.90 Å². The summed E-state index contributed by atoms with van der Waals surface area (Å²) in [5.74, 6) is 0.244. The van der Waals surface area contributed by atoms with Gasteiger partial charge in [-0.2, -0.15) is 0 Å². The van der Waals surface area contributed by atoms with E-state index in [1.54, 1.807) is 23.2 Å². The number of benzene rings is 1. The molecule has 0 radical (unpaired) electrons. The fourth-order valence-electron chi connectivity index (χ4n) is 3.58. The van der Waals surface area contributed by atoms with Crippen molar-refractivity contribution >= 4 is 22.5 Å². The second-order valence-corrected chi connectivity index (χ2v) is 7.26. The average Bonchev–Trinajstić information content (AvgIpc) is 3.11. The number of carbonyl (C=O) groups is 1. The number of nitrogens with one attached hydrogen (secondary N) is 1. The van der Waals surface area contributed by atoms with Crippen molar-refractivity contribution in [2.24, 2.45) is 0 Å². The highest BCUT2D eigenvalue weighted by Gasteiger charge is 2.23. The lowest BCUT2D eigenvalue weighted by Gasteiger charge is -2.27. The van der Waals surface area contributed by atoms with Gasteiger partial charge in [0.05, 0.1) is 5.56 Å². The maximum atomic E-state index is 12.8. The van der Waals surface area contributed by atoms with E-state index in [1.165, 1.54) is 5.57 Å². The molecule has 1 amide bonds. The number of aromatic amines is 1. The lowest BCUT2D eigenvalue weighted by atomic mass is 9.98. The third kappa shape index (κ3) is 3.21. The number of H-pyrrole nitrogens is 1. The second-order valence-electron chi connectivity index (χ2n) is 7.26. The molecule has 2 aromatic heterocycles. The van der Waals surface area contributed by atoms with Gasteiger partial charge in [-0.05, 0) is 47.7 Å². The minimum absolute atomic E-state index is 0.0590. The molecule has 0 spiro atoms. The van der Waals surface area contributed by atoms with Gasteiger partial charge in [-0.25, -0.2) is 4.98 Å². The van der Waals surface area contributed by atoms with Gasteiger partial charge < -0.3 is 15.0 Å². The van der Waals surface area contributed by atoms with Crippen molar-refractivity contribution in [3.63, 3.8) is 0 Å². The lowest BCUT2D eigenvalue weighted by Crippen LogP contribution is -2.34. The first-order valence-corrected chi connectivity index (χ1v) is 9.28. The minimum atomic E-state index is -0.126. The quantitative estimate of drug-likeness (QED) is 0.730. The number of nitrogens with zero attached hydrogens (tertiary/aromatic N) is 2. The molecule has 0 saturated heterocycles. The van der Waals surface area contributed by atoms with Gasteiger partial charge in [-0.15, -0.1) is 0 Å². The van der Waals surface area contributed by atoms with E-state index in [0.29, 0.717) is 24.6 Å². The van der Waals surface area contributed by atoms with Gasteiger partial charge in [0.15, 0.2) is 0 Å². The summed E-state index contributed by atoms with van der Waals surface area (Å²) < 4.78 is 0. The number of aromatic nitrogens is 2. The molecule has 0 atom stereocenters. The third-order valence-corrected chi connectivity index (χ3v) is 5.21. The van der Waals surface area contributed by atoms with Crippen LogP contribution in [0.15, 0.2) is 48.8 Å². The summed E-state index contributed by atoms with van der Waals surface area (Å²) in [6.45, 7) is 5.29. The zero-order valence-corrected chi connectivity index (χ0v) is 15.6. The Hall–Kier alpha value is -3.08. The first-order valence-electron chi connectivity index (χ1n) is 9.28. The van der Waals surface area contributed by atoms with Crippen LogP contribution in [0.1, 0.15) is 47.7 Å². The fourth-order valence-corrected chi connectivity index (χ4v) is 3.58. The van der Waals surface area contributed by atoms with Crippen LogP contribution in [0.4, 0.5) is 0 Å². The minimum Gasteiger partial charge on any atom is -0.507 e. The van der Waals surface area contributed by atoms with Crippen LogP contribution in [0.3, 0.4) is 0 Å². The Kier molecular flexibility index (Phi) is 4.44. The number of phenolic OH excluding ortho intramolecular Hbond substituents is 1. The van der Waals surface area contributed by atoms with Gasteiger partial charge in [0.1, 0.15) is 11.4 Å². The molecule has 0 bridgehead atoms. The van der Waals surface area contributed by atoms with Crippen LogP contribution in [-0.2, 0) is 0 Å². The normalized spacial score (nSPS) is 14.6. The van der Waals surface area contributed by atoms with Gasteiger partial charge in [0.25, 0.3) is 5.91 Å².